The molecule has 4 N–H and O–H groups in total. The molecule has 7 heteroatoms. The number of hydrogen-bond acceptors (Lipinski definition) is 6. The number of aliphatic hydroxyl groups excluding tert-OH is 2. The van der Waals surface area contributed by atoms with Crippen molar-refractivity contribution in [1.82, 2.24) is 0 Å². The van der Waals surface area contributed by atoms with E-state index in [0.717, 1.165) is 0 Å². The van der Waals surface area contributed by atoms with E-state index in [1.54, 1.807) is 13.8 Å². The summed E-state index contributed by atoms with van der Waals surface area (Å²) in [4.78, 5) is 10.4. The number of aliphatic hydroxyl groups is 2. The van der Waals surface area contributed by atoms with Crippen LogP contribution in [-0.4, -0.2) is 53.6 Å². The van der Waals surface area contributed by atoms with E-state index in [9.17, 15) is 15.0 Å². The normalized spacial score (nSPS) is 33.7. The number of hydrogen-bond donors (Lipinski definition) is 3. The Morgan fingerprint density at radius 2 is 2.18 bits per heavy atom. The van der Waals surface area contributed by atoms with Crippen molar-refractivity contribution >= 4 is 6.09 Å². The Bertz CT molecular complexity index is 259. The average molecular weight is 249 g/mol. The van der Waals surface area contributed by atoms with Crippen LogP contribution in [0.5, 0.6) is 0 Å². The van der Waals surface area contributed by atoms with Crippen LogP contribution >= 0.6 is 0 Å². The maximum atomic E-state index is 10.4. The predicted octanol–water partition coefficient (Wildman–Crippen LogP) is -0.656. The summed E-state index contributed by atoms with van der Waals surface area (Å²) in [5.74, 6) is 0. The van der Waals surface area contributed by atoms with Gasteiger partial charge in [0.2, 0.25) is 0 Å². The summed E-state index contributed by atoms with van der Waals surface area (Å²) < 4.78 is 15.3. The monoisotopic (exact) mass is 249 g/mol. The zero-order chi connectivity index (χ0) is 13.0. The minimum absolute atomic E-state index is 0.0724. The maximum absolute atomic E-state index is 10.4. The fourth-order valence-electron chi connectivity index (χ4n) is 1.58. The fraction of sp³-hybridized carbons (Fsp3) is 0.900. The van der Waals surface area contributed by atoms with Crippen molar-refractivity contribution in [3.8, 4) is 0 Å². The molecule has 17 heavy (non-hydrogen) atoms. The zero-order valence-corrected chi connectivity index (χ0v) is 9.91. The van der Waals surface area contributed by atoms with Crippen LogP contribution in [0.25, 0.3) is 0 Å². The zero-order valence-electron chi connectivity index (χ0n) is 9.91. The van der Waals surface area contributed by atoms with Gasteiger partial charge in [-0.05, 0) is 13.8 Å². The Hall–Kier alpha value is -0.890. The van der Waals surface area contributed by atoms with Gasteiger partial charge in [0.15, 0.2) is 6.29 Å². The molecule has 0 spiro atoms. The third kappa shape index (κ3) is 4.47. The highest BCUT2D eigenvalue weighted by Crippen LogP contribution is 2.22. The molecule has 0 saturated carbocycles. The lowest BCUT2D eigenvalue weighted by molar-refractivity contribution is -0.280. The molecular formula is C10H19NO6. The number of carbonyl (C=O) groups is 1. The lowest BCUT2D eigenvalue weighted by Gasteiger charge is -2.37. The van der Waals surface area contributed by atoms with E-state index in [2.05, 4.69) is 4.74 Å². The van der Waals surface area contributed by atoms with Gasteiger partial charge >= 0.3 is 6.09 Å². The molecule has 1 amide bonds. The lowest BCUT2D eigenvalue weighted by Crippen LogP contribution is -2.51. The largest absolute Gasteiger partial charge is 0.447 e. The molecule has 0 unspecified atom stereocenters. The van der Waals surface area contributed by atoms with Gasteiger partial charge in [-0.1, -0.05) is 0 Å². The van der Waals surface area contributed by atoms with Crippen LogP contribution in [0.1, 0.15) is 20.3 Å². The van der Waals surface area contributed by atoms with Gasteiger partial charge in [-0.25, -0.2) is 4.79 Å². The van der Waals surface area contributed by atoms with E-state index in [1.165, 1.54) is 0 Å². The van der Waals surface area contributed by atoms with Gasteiger partial charge in [0.05, 0.1) is 18.3 Å². The Morgan fingerprint density at radius 3 is 2.71 bits per heavy atom. The summed E-state index contributed by atoms with van der Waals surface area (Å²) >= 11 is 0. The molecule has 0 radical (unpaired) electrons. The van der Waals surface area contributed by atoms with Crippen LogP contribution in [0, 0.1) is 0 Å². The number of carbonyl (C=O) groups excluding carboxylic acids is 1. The summed E-state index contributed by atoms with van der Waals surface area (Å²) in [7, 11) is 0. The highest BCUT2D eigenvalue weighted by atomic mass is 16.7. The molecule has 1 rings (SSSR count). The van der Waals surface area contributed by atoms with Gasteiger partial charge in [-0.15, -0.1) is 0 Å². The first kappa shape index (κ1) is 14.2. The quantitative estimate of drug-likeness (QED) is 0.610. The minimum atomic E-state index is -1.11. The molecular weight excluding hydrogens is 230 g/mol. The van der Waals surface area contributed by atoms with Crippen LogP contribution < -0.4 is 5.73 Å². The van der Waals surface area contributed by atoms with E-state index >= 15 is 0 Å². The maximum Gasteiger partial charge on any atom is 0.404 e. The fourth-order valence-corrected chi connectivity index (χ4v) is 1.58. The smallest absolute Gasteiger partial charge is 0.404 e. The van der Waals surface area contributed by atoms with Gasteiger partial charge in [0.1, 0.15) is 12.7 Å². The molecule has 1 aliphatic heterocycles. The molecule has 100 valence electrons. The number of amides is 1. The summed E-state index contributed by atoms with van der Waals surface area (Å²) in [5, 5.41) is 19.3. The van der Waals surface area contributed by atoms with Crippen molar-refractivity contribution in [1.29, 1.82) is 0 Å². The summed E-state index contributed by atoms with van der Waals surface area (Å²) in [6.07, 6.45) is -4.46. The second-order valence-electron chi connectivity index (χ2n) is 4.24. The first-order chi connectivity index (χ1) is 7.90. The molecule has 1 fully saturated rings. The molecule has 4 atom stereocenters. The SMILES string of the molecule is CC(C)O[C@@H]1O[C@H](COC(N)=O)C[C@@H](O)[C@H]1O. The molecule has 1 aliphatic rings. The third-order valence-corrected chi connectivity index (χ3v) is 2.32. The molecule has 1 saturated heterocycles. The average Bonchev–Trinajstić information content (AvgIpc) is 2.21. The summed E-state index contributed by atoms with van der Waals surface area (Å²) in [6, 6.07) is 0. The highest BCUT2D eigenvalue weighted by molar-refractivity contribution is 5.64. The van der Waals surface area contributed by atoms with Gasteiger partial charge in [0.25, 0.3) is 0 Å². The van der Waals surface area contributed by atoms with E-state index < -0.39 is 30.7 Å². The lowest BCUT2D eigenvalue weighted by atomic mass is 10.0. The standard InChI is InChI=1S/C10H19NO6/c1-5(2)16-9-8(13)7(12)3-6(17-9)4-15-10(11)14/h5-9,12-13H,3-4H2,1-2H3,(H2,11,14)/t6-,7+,8+,9+/m0/s1. The second-order valence-corrected chi connectivity index (χ2v) is 4.24. The van der Waals surface area contributed by atoms with Crippen molar-refractivity contribution < 1.29 is 29.2 Å². The van der Waals surface area contributed by atoms with Crippen LogP contribution in [0.4, 0.5) is 4.79 Å². The first-order valence-electron chi connectivity index (χ1n) is 5.49. The van der Waals surface area contributed by atoms with Crippen molar-refractivity contribution in [2.24, 2.45) is 5.73 Å². The highest BCUT2D eigenvalue weighted by Gasteiger charge is 2.38. The molecule has 0 aromatic rings. The summed E-state index contributed by atoms with van der Waals surface area (Å²) in [6.45, 7) is 3.50. The Balaban J connectivity index is 2.50. The number of nitrogens with two attached hydrogens (primary N) is 1. The second kappa shape index (κ2) is 6.15. The first-order valence-corrected chi connectivity index (χ1v) is 5.49. The Kier molecular flexibility index (Phi) is 5.13. The van der Waals surface area contributed by atoms with E-state index in [-0.39, 0.29) is 19.1 Å². The van der Waals surface area contributed by atoms with Crippen LogP contribution in [0.15, 0.2) is 0 Å². The number of primary amides is 1. The Labute approximate surface area is 99.4 Å². The summed E-state index contributed by atoms with van der Waals surface area (Å²) in [5.41, 5.74) is 4.83. The van der Waals surface area contributed by atoms with Crippen molar-refractivity contribution in [3.63, 3.8) is 0 Å². The van der Waals surface area contributed by atoms with Crippen LogP contribution in [0.3, 0.4) is 0 Å². The topological polar surface area (TPSA) is 111 Å². The van der Waals surface area contributed by atoms with Crippen molar-refractivity contribution in [2.45, 2.75) is 51.0 Å². The van der Waals surface area contributed by atoms with Gasteiger partial charge < -0.3 is 30.2 Å². The predicted molar refractivity (Wildman–Crippen MR) is 57.0 cm³/mol. The van der Waals surface area contributed by atoms with Crippen LogP contribution in [0.2, 0.25) is 0 Å². The Morgan fingerprint density at radius 1 is 1.53 bits per heavy atom. The third-order valence-electron chi connectivity index (χ3n) is 2.32. The van der Waals surface area contributed by atoms with Crippen LogP contribution in [-0.2, 0) is 14.2 Å². The molecule has 0 aromatic carbocycles. The van der Waals surface area contributed by atoms with Gasteiger partial charge in [0, 0.05) is 6.42 Å². The molecule has 7 nitrogen and oxygen atoms in total. The van der Waals surface area contributed by atoms with Gasteiger partial charge in [-0.3, -0.25) is 0 Å². The van der Waals surface area contributed by atoms with E-state index in [0.29, 0.717) is 0 Å². The molecule has 0 aliphatic carbocycles. The molecule has 1 heterocycles. The minimum Gasteiger partial charge on any atom is -0.447 e. The van der Waals surface area contributed by atoms with E-state index in [1.807, 2.05) is 0 Å². The van der Waals surface area contributed by atoms with Crippen molar-refractivity contribution in [2.75, 3.05) is 6.61 Å². The van der Waals surface area contributed by atoms with Crippen molar-refractivity contribution in [3.05, 3.63) is 0 Å². The number of ether oxygens (including phenoxy) is 3. The van der Waals surface area contributed by atoms with E-state index in [4.69, 9.17) is 15.2 Å². The molecule has 0 bridgehead atoms. The van der Waals surface area contributed by atoms with Gasteiger partial charge in [-0.2, -0.15) is 0 Å². The molecule has 0 aromatic heterocycles. The number of rotatable bonds is 4.